The van der Waals surface area contributed by atoms with Gasteiger partial charge in [-0.05, 0) is 49.7 Å². The second-order valence-corrected chi connectivity index (χ2v) is 11.6. The number of fused-ring (bicyclic) bond motifs is 1. The first kappa shape index (κ1) is 29.3. The second-order valence-electron chi connectivity index (χ2n) is 11.6. The fourth-order valence-corrected chi connectivity index (χ4v) is 5.84. The van der Waals surface area contributed by atoms with Crippen molar-refractivity contribution in [1.82, 2.24) is 19.8 Å². The first-order chi connectivity index (χ1) is 19.0. The predicted octanol–water partition coefficient (Wildman–Crippen LogP) is 4.95. The van der Waals surface area contributed by atoms with Crippen molar-refractivity contribution in [3.63, 3.8) is 0 Å². The number of aryl methyl sites for hydroxylation is 2. The molecule has 0 saturated heterocycles. The molecule has 2 aromatic heterocycles. The maximum Gasteiger partial charge on any atom is 0.358 e. The third kappa shape index (κ3) is 6.38. The fraction of sp³-hybridized carbons (Fsp3) is 0.533. The van der Waals surface area contributed by atoms with Gasteiger partial charge in [-0.1, -0.05) is 51.8 Å². The van der Waals surface area contributed by atoms with Crippen LogP contribution in [0.15, 0.2) is 34.9 Å². The minimum absolute atomic E-state index is 0.0138. The molecule has 1 fully saturated rings. The van der Waals surface area contributed by atoms with Crippen LogP contribution in [-0.2, 0) is 18.3 Å². The molecule has 3 aromatic rings. The number of aromatic carboxylic acids is 1. The number of hydrogen-bond donors (Lipinski definition) is 3. The van der Waals surface area contributed by atoms with Crippen molar-refractivity contribution in [2.24, 2.45) is 24.6 Å². The lowest BCUT2D eigenvalue weighted by molar-refractivity contribution is -0.132. The van der Waals surface area contributed by atoms with Gasteiger partial charge in [0.2, 0.25) is 11.8 Å². The Bertz CT molecular complexity index is 1380. The van der Waals surface area contributed by atoms with Crippen molar-refractivity contribution in [2.45, 2.75) is 84.3 Å². The molecule has 4 atom stereocenters. The largest absolute Gasteiger partial charge is 0.476 e. The topological polar surface area (TPSA) is 144 Å². The van der Waals surface area contributed by atoms with E-state index in [-0.39, 0.29) is 35.7 Å². The number of urea groups is 1. The van der Waals surface area contributed by atoms with E-state index in [4.69, 9.17) is 10.2 Å². The van der Waals surface area contributed by atoms with Crippen molar-refractivity contribution in [3.05, 3.63) is 53.4 Å². The van der Waals surface area contributed by atoms with Crippen LogP contribution in [0.5, 0.6) is 0 Å². The molecule has 10 nitrogen and oxygen atoms in total. The highest BCUT2D eigenvalue weighted by Crippen LogP contribution is 2.32. The van der Waals surface area contributed by atoms with E-state index in [1.165, 1.54) is 6.92 Å². The molecular weight excluding hydrogens is 510 g/mol. The molecule has 1 aliphatic rings. The maximum atomic E-state index is 14.0. The molecule has 10 heteroatoms. The number of rotatable bonds is 9. The number of para-hydroxylation sites is 1. The fourth-order valence-electron chi connectivity index (χ4n) is 5.84. The van der Waals surface area contributed by atoms with Crippen molar-refractivity contribution in [3.8, 4) is 0 Å². The Morgan fingerprint density at radius 2 is 1.98 bits per heavy atom. The van der Waals surface area contributed by atoms with Crippen LogP contribution in [0, 0.1) is 18.8 Å². The summed E-state index contributed by atoms with van der Waals surface area (Å²) in [6.45, 7) is 7.59. The van der Waals surface area contributed by atoms with E-state index < -0.39 is 30.0 Å². The van der Waals surface area contributed by atoms with Gasteiger partial charge in [0.1, 0.15) is 11.8 Å². The number of carboxylic acids is 1. The summed E-state index contributed by atoms with van der Waals surface area (Å²) >= 11 is 0. The Morgan fingerprint density at radius 1 is 1.25 bits per heavy atom. The molecule has 40 heavy (non-hydrogen) atoms. The first-order valence-electron chi connectivity index (χ1n) is 14.1. The van der Waals surface area contributed by atoms with Crippen LogP contribution in [0.3, 0.4) is 0 Å². The van der Waals surface area contributed by atoms with Gasteiger partial charge >= 0.3 is 12.0 Å². The molecule has 216 valence electrons. The summed E-state index contributed by atoms with van der Waals surface area (Å²) in [7, 11) is 1.93. The van der Waals surface area contributed by atoms with Gasteiger partial charge in [-0.25, -0.2) is 14.6 Å². The summed E-state index contributed by atoms with van der Waals surface area (Å²) in [5.74, 6) is -1.11. The Labute approximate surface area is 234 Å². The van der Waals surface area contributed by atoms with Crippen LogP contribution < -0.4 is 11.1 Å². The van der Waals surface area contributed by atoms with Crippen molar-refractivity contribution < 1.29 is 23.9 Å². The summed E-state index contributed by atoms with van der Waals surface area (Å²) in [5, 5.41) is 13.7. The average Bonchev–Trinajstić information content (AvgIpc) is 3.43. The number of carbonyl (C=O) groups excluding carboxylic acids is 2. The number of imide groups is 1. The Balaban J connectivity index is 1.81. The van der Waals surface area contributed by atoms with E-state index in [9.17, 15) is 19.5 Å². The van der Waals surface area contributed by atoms with Gasteiger partial charge in [-0.2, -0.15) is 0 Å². The smallest absolute Gasteiger partial charge is 0.358 e. The highest BCUT2D eigenvalue weighted by molar-refractivity contribution is 5.98. The zero-order valence-corrected chi connectivity index (χ0v) is 24.0. The standard InChI is InChI=1S/C30H41N5O5/c1-17(2)13-23(31)28(36)35(30(39)32-21-10-8-9-18(3)14-21)25(27-33-26(29(37)38)19(4)40-27)15-20-16-34(5)24-12-7-6-11-22(20)24/h6-7,11-12,16-18,21,23,25H,8-10,13-15,31H2,1-5H3,(H,32,39)(H,37,38)/t18?,21?,23?,25-/m1/s1. The third-order valence-electron chi connectivity index (χ3n) is 7.77. The van der Waals surface area contributed by atoms with E-state index >= 15 is 0 Å². The van der Waals surface area contributed by atoms with Crippen LogP contribution >= 0.6 is 0 Å². The number of benzene rings is 1. The molecule has 1 saturated carbocycles. The SMILES string of the molecule is Cc1oc([C@@H](Cc2cn(C)c3ccccc23)N(C(=O)NC2CCCC(C)C2)C(=O)C(N)CC(C)C)nc1C(=O)O. The molecular formula is C30H41N5O5. The zero-order valence-electron chi connectivity index (χ0n) is 24.0. The Morgan fingerprint density at radius 3 is 2.62 bits per heavy atom. The van der Waals surface area contributed by atoms with E-state index in [0.717, 1.165) is 47.0 Å². The molecule has 0 spiro atoms. The Hall–Kier alpha value is -3.66. The van der Waals surface area contributed by atoms with Crippen LogP contribution in [0.2, 0.25) is 0 Å². The number of nitrogens with two attached hydrogens (primary N) is 1. The molecule has 0 bridgehead atoms. The molecule has 3 amide bonds. The van der Waals surface area contributed by atoms with Gasteiger partial charge in [-0.3, -0.25) is 9.69 Å². The molecule has 0 radical (unpaired) electrons. The number of nitrogens with zero attached hydrogens (tertiary/aromatic N) is 3. The summed E-state index contributed by atoms with van der Waals surface area (Å²) in [5.41, 5.74) is 7.98. The summed E-state index contributed by atoms with van der Waals surface area (Å²) in [6, 6.07) is 5.25. The van der Waals surface area contributed by atoms with Gasteiger partial charge in [0.25, 0.3) is 0 Å². The minimum atomic E-state index is -1.24. The summed E-state index contributed by atoms with van der Waals surface area (Å²) in [4.78, 5) is 45.2. The van der Waals surface area contributed by atoms with Crippen LogP contribution in [0.4, 0.5) is 4.79 Å². The number of amides is 3. The van der Waals surface area contributed by atoms with Gasteiger partial charge < -0.3 is 25.1 Å². The Kier molecular flexibility index (Phi) is 8.98. The van der Waals surface area contributed by atoms with Crippen molar-refractivity contribution in [1.29, 1.82) is 0 Å². The van der Waals surface area contributed by atoms with E-state index in [1.807, 2.05) is 55.9 Å². The number of aromatic nitrogens is 2. The highest BCUT2D eigenvalue weighted by Gasteiger charge is 2.39. The maximum absolute atomic E-state index is 14.0. The molecule has 0 aliphatic heterocycles. The minimum Gasteiger partial charge on any atom is -0.476 e. The normalized spacial score (nSPS) is 19.0. The van der Waals surface area contributed by atoms with Crippen molar-refractivity contribution in [2.75, 3.05) is 0 Å². The average molecular weight is 552 g/mol. The van der Waals surface area contributed by atoms with E-state index in [0.29, 0.717) is 12.3 Å². The van der Waals surface area contributed by atoms with Gasteiger partial charge in [-0.15, -0.1) is 0 Å². The first-order valence-corrected chi connectivity index (χ1v) is 14.1. The zero-order chi connectivity index (χ0) is 29.1. The molecule has 1 aromatic carbocycles. The number of carboxylic acid groups (broad SMARTS) is 1. The lowest BCUT2D eigenvalue weighted by Gasteiger charge is -2.34. The van der Waals surface area contributed by atoms with Gasteiger partial charge in [0.05, 0.1) is 6.04 Å². The van der Waals surface area contributed by atoms with Crippen LogP contribution in [-0.4, -0.2) is 49.5 Å². The van der Waals surface area contributed by atoms with Gasteiger partial charge in [0.15, 0.2) is 5.69 Å². The summed E-state index contributed by atoms with van der Waals surface area (Å²) in [6.07, 6.45) is 6.25. The van der Waals surface area contributed by atoms with E-state index in [1.54, 1.807) is 0 Å². The molecule has 2 heterocycles. The van der Waals surface area contributed by atoms with E-state index in [2.05, 4.69) is 17.2 Å². The summed E-state index contributed by atoms with van der Waals surface area (Å²) < 4.78 is 7.84. The lowest BCUT2D eigenvalue weighted by Crippen LogP contribution is -2.55. The quantitative estimate of drug-likeness (QED) is 0.341. The number of carbonyl (C=O) groups is 3. The van der Waals surface area contributed by atoms with Crippen LogP contribution in [0.25, 0.3) is 10.9 Å². The highest BCUT2D eigenvalue weighted by atomic mass is 16.4. The molecule has 4 rings (SSSR count). The van der Waals surface area contributed by atoms with Crippen LogP contribution in [0.1, 0.15) is 86.6 Å². The third-order valence-corrected chi connectivity index (χ3v) is 7.77. The number of nitrogens with one attached hydrogen (secondary N) is 1. The molecule has 1 aliphatic carbocycles. The predicted molar refractivity (Wildman–Crippen MR) is 152 cm³/mol. The van der Waals surface area contributed by atoms with Crippen molar-refractivity contribution >= 4 is 28.8 Å². The van der Waals surface area contributed by atoms with Gasteiger partial charge in [0, 0.05) is 36.6 Å². The monoisotopic (exact) mass is 551 g/mol. The molecule has 3 unspecified atom stereocenters. The number of hydrogen-bond acceptors (Lipinski definition) is 6. The lowest BCUT2D eigenvalue weighted by atomic mass is 9.87. The second kappa shape index (κ2) is 12.2. The molecule has 4 N–H and O–H groups in total. The number of oxazole rings is 1.